The zero-order valence-corrected chi connectivity index (χ0v) is 12.8. The van der Waals surface area contributed by atoms with E-state index in [4.69, 9.17) is 17.3 Å². The van der Waals surface area contributed by atoms with E-state index >= 15 is 0 Å². The topological polar surface area (TPSA) is 26.0 Å². The van der Waals surface area contributed by atoms with Crippen molar-refractivity contribution in [1.82, 2.24) is 0 Å². The summed E-state index contributed by atoms with van der Waals surface area (Å²) in [5.41, 5.74) is 9.34. The lowest BCUT2D eigenvalue weighted by molar-refractivity contribution is 0.618. The van der Waals surface area contributed by atoms with Crippen LogP contribution in [0.25, 0.3) is 0 Å². The highest BCUT2D eigenvalue weighted by atomic mass is 79.9. The molecule has 0 radical (unpaired) electrons. The lowest BCUT2D eigenvalue weighted by Crippen LogP contribution is -2.14. The molecule has 1 unspecified atom stereocenters. The first kappa shape index (κ1) is 14.5. The fraction of sp³-hybridized carbons (Fsp3) is 0.200. The highest BCUT2D eigenvalue weighted by Crippen LogP contribution is 2.24. The minimum Gasteiger partial charge on any atom is -0.324 e. The van der Waals surface area contributed by atoms with Crippen LogP contribution in [0.2, 0.25) is 5.02 Å². The van der Waals surface area contributed by atoms with E-state index in [0.29, 0.717) is 15.9 Å². The van der Waals surface area contributed by atoms with E-state index in [-0.39, 0.29) is 11.9 Å². The lowest BCUT2D eigenvalue weighted by Gasteiger charge is -2.15. The first-order valence-electron chi connectivity index (χ1n) is 5.93. The fourth-order valence-electron chi connectivity index (χ4n) is 2.09. The molecule has 2 aromatic carbocycles. The quantitative estimate of drug-likeness (QED) is 0.852. The van der Waals surface area contributed by atoms with E-state index in [1.807, 2.05) is 25.1 Å². The molecule has 2 aromatic rings. The molecule has 0 spiro atoms. The van der Waals surface area contributed by atoms with Gasteiger partial charge >= 0.3 is 0 Å². The minimum atomic E-state index is -0.264. The van der Waals surface area contributed by atoms with Crippen molar-refractivity contribution in [2.45, 2.75) is 19.4 Å². The van der Waals surface area contributed by atoms with E-state index in [1.54, 1.807) is 12.1 Å². The Labute approximate surface area is 125 Å². The number of hydrogen-bond donors (Lipinski definition) is 1. The summed E-state index contributed by atoms with van der Waals surface area (Å²) >= 11 is 9.11. The van der Waals surface area contributed by atoms with E-state index in [9.17, 15) is 4.39 Å². The smallest absolute Gasteiger partial charge is 0.137 e. The largest absolute Gasteiger partial charge is 0.324 e. The summed E-state index contributed by atoms with van der Waals surface area (Å²) in [6.45, 7) is 1.99. The maximum Gasteiger partial charge on any atom is 0.137 e. The minimum absolute atomic E-state index is 0.130. The SMILES string of the molecule is Cc1cc(Cl)ccc1C(N)Cc1ccc(F)c(Br)c1. The van der Waals surface area contributed by atoms with Crippen LogP contribution in [0.5, 0.6) is 0 Å². The fourth-order valence-corrected chi connectivity index (χ4v) is 2.74. The van der Waals surface area contributed by atoms with Crippen molar-refractivity contribution in [3.63, 3.8) is 0 Å². The predicted molar refractivity (Wildman–Crippen MR) is 80.9 cm³/mol. The van der Waals surface area contributed by atoms with Gasteiger partial charge in [-0.2, -0.15) is 0 Å². The molecule has 1 atom stereocenters. The van der Waals surface area contributed by atoms with Crippen molar-refractivity contribution in [3.8, 4) is 0 Å². The molecular weight excluding hydrogens is 329 g/mol. The summed E-state index contributed by atoms with van der Waals surface area (Å²) in [7, 11) is 0. The van der Waals surface area contributed by atoms with E-state index in [2.05, 4.69) is 15.9 Å². The molecule has 1 nitrogen and oxygen atoms in total. The Balaban J connectivity index is 2.20. The number of halogens is 3. The number of hydrogen-bond acceptors (Lipinski definition) is 1. The summed E-state index contributed by atoms with van der Waals surface area (Å²) in [4.78, 5) is 0. The molecule has 100 valence electrons. The van der Waals surface area contributed by atoms with E-state index in [1.165, 1.54) is 6.07 Å². The number of benzene rings is 2. The molecular formula is C15H14BrClFN. The Bertz CT molecular complexity index is 601. The molecule has 0 bridgehead atoms. The summed E-state index contributed by atoms with van der Waals surface area (Å²) < 4.78 is 13.6. The van der Waals surface area contributed by atoms with Crippen LogP contribution < -0.4 is 5.73 Å². The van der Waals surface area contributed by atoms with Crippen molar-refractivity contribution in [2.75, 3.05) is 0 Å². The molecule has 0 fully saturated rings. The molecule has 2 rings (SSSR count). The van der Waals surface area contributed by atoms with Gasteiger partial charge in [-0.05, 0) is 70.2 Å². The molecule has 0 amide bonds. The predicted octanol–water partition coefficient (Wildman–Crippen LogP) is 4.79. The third-order valence-corrected chi connectivity index (χ3v) is 3.91. The molecule has 19 heavy (non-hydrogen) atoms. The molecule has 0 aromatic heterocycles. The molecule has 0 aliphatic heterocycles. The van der Waals surface area contributed by atoms with Gasteiger partial charge in [0.05, 0.1) is 4.47 Å². The zero-order chi connectivity index (χ0) is 14.0. The van der Waals surface area contributed by atoms with Crippen molar-refractivity contribution in [1.29, 1.82) is 0 Å². The second-order valence-corrected chi connectivity index (χ2v) is 5.85. The molecule has 0 aliphatic carbocycles. The van der Waals surface area contributed by atoms with Gasteiger partial charge in [-0.15, -0.1) is 0 Å². The van der Waals surface area contributed by atoms with Crippen molar-refractivity contribution < 1.29 is 4.39 Å². The standard InChI is InChI=1S/C15H14BrClFN/c1-9-6-11(17)3-4-12(9)15(19)8-10-2-5-14(18)13(16)7-10/h2-7,15H,8,19H2,1H3. The van der Waals surface area contributed by atoms with Gasteiger partial charge in [-0.3, -0.25) is 0 Å². The Morgan fingerprint density at radius 1 is 1.26 bits per heavy atom. The average molecular weight is 343 g/mol. The maximum absolute atomic E-state index is 13.2. The maximum atomic E-state index is 13.2. The zero-order valence-electron chi connectivity index (χ0n) is 10.5. The van der Waals surface area contributed by atoms with Gasteiger partial charge in [-0.1, -0.05) is 23.7 Å². The van der Waals surface area contributed by atoms with Crippen LogP contribution in [0.1, 0.15) is 22.7 Å². The Hall–Kier alpha value is -0.900. The van der Waals surface area contributed by atoms with Gasteiger partial charge in [0, 0.05) is 11.1 Å². The van der Waals surface area contributed by atoms with Crippen molar-refractivity contribution in [3.05, 3.63) is 68.4 Å². The second-order valence-electron chi connectivity index (χ2n) is 4.56. The van der Waals surface area contributed by atoms with Crippen LogP contribution in [-0.4, -0.2) is 0 Å². The van der Waals surface area contributed by atoms with Crippen LogP contribution >= 0.6 is 27.5 Å². The third-order valence-electron chi connectivity index (χ3n) is 3.07. The Kier molecular flexibility index (Phi) is 4.61. The van der Waals surface area contributed by atoms with Crippen LogP contribution in [0.15, 0.2) is 40.9 Å². The van der Waals surface area contributed by atoms with Gasteiger partial charge < -0.3 is 5.73 Å². The molecule has 4 heteroatoms. The first-order valence-corrected chi connectivity index (χ1v) is 7.10. The average Bonchev–Trinajstić information content (AvgIpc) is 2.33. The summed E-state index contributed by atoms with van der Waals surface area (Å²) in [6.07, 6.45) is 0.654. The highest BCUT2D eigenvalue weighted by molar-refractivity contribution is 9.10. The summed E-state index contributed by atoms with van der Waals surface area (Å²) in [6, 6.07) is 10.5. The van der Waals surface area contributed by atoms with Crippen LogP contribution in [0.4, 0.5) is 4.39 Å². The van der Waals surface area contributed by atoms with Crippen LogP contribution in [0.3, 0.4) is 0 Å². The van der Waals surface area contributed by atoms with Gasteiger partial charge in [0.1, 0.15) is 5.82 Å². The third kappa shape index (κ3) is 3.56. The van der Waals surface area contributed by atoms with E-state index in [0.717, 1.165) is 16.7 Å². The molecule has 0 aliphatic rings. The highest BCUT2D eigenvalue weighted by Gasteiger charge is 2.11. The van der Waals surface area contributed by atoms with Gasteiger partial charge in [0.25, 0.3) is 0 Å². The number of rotatable bonds is 3. The van der Waals surface area contributed by atoms with Gasteiger partial charge in [0.2, 0.25) is 0 Å². The number of aryl methyl sites for hydroxylation is 1. The van der Waals surface area contributed by atoms with Crippen molar-refractivity contribution >= 4 is 27.5 Å². The van der Waals surface area contributed by atoms with Crippen LogP contribution in [0, 0.1) is 12.7 Å². The number of nitrogens with two attached hydrogens (primary N) is 1. The molecule has 0 heterocycles. The normalized spacial score (nSPS) is 12.5. The van der Waals surface area contributed by atoms with Gasteiger partial charge in [0.15, 0.2) is 0 Å². The Morgan fingerprint density at radius 3 is 2.63 bits per heavy atom. The Morgan fingerprint density at radius 2 is 2.00 bits per heavy atom. The lowest BCUT2D eigenvalue weighted by atomic mass is 9.96. The molecule has 2 N–H and O–H groups in total. The monoisotopic (exact) mass is 341 g/mol. The van der Waals surface area contributed by atoms with E-state index < -0.39 is 0 Å². The van der Waals surface area contributed by atoms with Crippen LogP contribution in [-0.2, 0) is 6.42 Å². The molecule has 0 saturated carbocycles. The van der Waals surface area contributed by atoms with Crippen molar-refractivity contribution in [2.24, 2.45) is 5.73 Å². The molecule has 0 saturated heterocycles. The first-order chi connectivity index (χ1) is 8.97. The second kappa shape index (κ2) is 6.04. The van der Waals surface area contributed by atoms with Gasteiger partial charge in [-0.25, -0.2) is 4.39 Å². The summed E-state index contributed by atoms with van der Waals surface area (Å²) in [5, 5.41) is 0.706. The summed E-state index contributed by atoms with van der Waals surface area (Å²) in [5.74, 6) is -0.264.